The van der Waals surface area contributed by atoms with Crippen LogP contribution in [0.3, 0.4) is 0 Å². The number of aromatic nitrogens is 1. The van der Waals surface area contributed by atoms with Crippen molar-refractivity contribution >= 4 is 17.8 Å². The zero-order valence-electron chi connectivity index (χ0n) is 18.2. The van der Waals surface area contributed by atoms with E-state index in [4.69, 9.17) is 9.26 Å². The van der Waals surface area contributed by atoms with Gasteiger partial charge in [-0.2, -0.15) is 0 Å². The van der Waals surface area contributed by atoms with Crippen molar-refractivity contribution in [1.82, 2.24) is 10.1 Å². The number of rotatable bonds is 9. The van der Waals surface area contributed by atoms with Gasteiger partial charge < -0.3 is 14.2 Å². The number of anilines is 1. The number of ether oxygens (including phenoxy) is 1. The SMILES string of the molecule is CCOc1ccccc1N1CCN(CCCc2cc(C=Cc3ccccc3)no2)CC1. The monoisotopic (exact) mass is 417 g/mol. The molecule has 0 bridgehead atoms. The first kappa shape index (κ1) is 21.2. The summed E-state index contributed by atoms with van der Waals surface area (Å²) in [6.45, 7) is 8.01. The lowest BCUT2D eigenvalue weighted by Crippen LogP contribution is -2.46. The number of para-hydroxylation sites is 2. The number of piperazine rings is 1. The highest BCUT2D eigenvalue weighted by Gasteiger charge is 2.19. The molecule has 1 fully saturated rings. The first-order chi connectivity index (χ1) is 15.3. The number of hydrogen-bond acceptors (Lipinski definition) is 5. The second-order valence-electron chi connectivity index (χ2n) is 7.80. The van der Waals surface area contributed by atoms with E-state index in [2.05, 4.69) is 51.4 Å². The molecule has 3 aromatic rings. The van der Waals surface area contributed by atoms with Gasteiger partial charge in [0.25, 0.3) is 0 Å². The van der Waals surface area contributed by atoms with Crippen molar-refractivity contribution in [3.05, 3.63) is 77.7 Å². The third-order valence-electron chi connectivity index (χ3n) is 5.60. The summed E-state index contributed by atoms with van der Waals surface area (Å²) in [7, 11) is 0. The van der Waals surface area contributed by atoms with E-state index in [1.807, 2.05) is 43.3 Å². The Hall–Kier alpha value is -3.05. The Balaban J connectivity index is 1.20. The molecule has 0 radical (unpaired) electrons. The molecule has 0 N–H and O–H groups in total. The molecular formula is C26H31N3O2. The summed E-state index contributed by atoms with van der Waals surface area (Å²) >= 11 is 0. The smallest absolute Gasteiger partial charge is 0.142 e. The first-order valence-electron chi connectivity index (χ1n) is 11.2. The van der Waals surface area contributed by atoms with E-state index < -0.39 is 0 Å². The van der Waals surface area contributed by atoms with Crippen LogP contribution in [-0.4, -0.2) is 49.4 Å². The van der Waals surface area contributed by atoms with Crippen molar-refractivity contribution in [3.8, 4) is 5.75 Å². The Morgan fingerprint density at radius 2 is 1.74 bits per heavy atom. The van der Waals surface area contributed by atoms with Gasteiger partial charge in [0.1, 0.15) is 17.2 Å². The van der Waals surface area contributed by atoms with Crippen LogP contribution in [0, 0.1) is 0 Å². The van der Waals surface area contributed by atoms with E-state index in [-0.39, 0.29) is 0 Å². The lowest BCUT2D eigenvalue weighted by molar-refractivity contribution is 0.250. The molecular weight excluding hydrogens is 386 g/mol. The second kappa shape index (κ2) is 10.8. The van der Waals surface area contributed by atoms with Crippen molar-refractivity contribution in [1.29, 1.82) is 0 Å². The van der Waals surface area contributed by atoms with E-state index in [1.54, 1.807) is 0 Å². The first-order valence-corrected chi connectivity index (χ1v) is 11.2. The minimum atomic E-state index is 0.697. The minimum Gasteiger partial charge on any atom is -0.492 e. The van der Waals surface area contributed by atoms with Gasteiger partial charge in [-0.1, -0.05) is 53.7 Å². The third-order valence-corrected chi connectivity index (χ3v) is 5.60. The van der Waals surface area contributed by atoms with Crippen LogP contribution in [0.4, 0.5) is 5.69 Å². The fourth-order valence-corrected chi connectivity index (χ4v) is 3.96. The lowest BCUT2D eigenvalue weighted by atomic mass is 10.2. The average molecular weight is 418 g/mol. The van der Waals surface area contributed by atoms with E-state index >= 15 is 0 Å². The van der Waals surface area contributed by atoms with Crippen molar-refractivity contribution in [2.75, 3.05) is 44.2 Å². The maximum Gasteiger partial charge on any atom is 0.142 e. The molecule has 1 aliphatic heterocycles. The number of hydrogen-bond donors (Lipinski definition) is 0. The highest BCUT2D eigenvalue weighted by atomic mass is 16.5. The molecule has 1 aromatic heterocycles. The maximum absolute atomic E-state index is 5.80. The van der Waals surface area contributed by atoms with Crippen LogP contribution in [0.2, 0.25) is 0 Å². The molecule has 31 heavy (non-hydrogen) atoms. The van der Waals surface area contributed by atoms with E-state index in [0.29, 0.717) is 6.61 Å². The largest absolute Gasteiger partial charge is 0.492 e. The van der Waals surface area contributed by atoms with Gasteiger partial charge in [-0.3, -0.25) is 4.90 Å². The quantitative estimate of drug-likeness (QED) is 0.490. The predicted molar refractivity (Wildman–Crippen MR) is 126 cm³/mol. The number of benzene rings is 2. The van der Waals surface area contributed by atoms with Gasteiger partial charge in [0.2, 0.25) is 0 Å². The van der Waals surface area contributed by atoms with Crippen LogP contribution < -0.4 is 9.64 Å². The van der Waals surface area contributed by atoms with Gasteiger partial charge in [-0.05, 0) is 43.7 Å². The van der Waals surface area contributed by atoms with Gasteiger partial charge in [-0.15, -0.1) is 0 Å². The molecule has 1 aliphatic rings. The fourth-order valence-electron chi connectivity index (χ4n) is 3.96. The Morgan fingerprint density at radius 3 is 2.55 bits per heavy atom. The van der Waals surface area contributed by atoms with Crippen LogP contribution in [-0.2, 0) is 6.42 Å². The summed E-state index contributed by atoms with van der Waals surface area (Å²) in [5.74, 6) is 1.94. The Kier molecular flexibility index (Phi) is 7.40. The van der Waals surface area contributed by atoms with Crippen molar-refractivity contribution in [2.24, 2.45) is 0 Å². The molecule has 2 aromatic carbocycles. The van der Waals surface area contributed by atoms with Gasteiger partial charge in [0.15, 0.2) is 0 Å². The molecule has 0 aliphatic carbocycles. The minimum absolute atomic E-state index is 0.697. The molecule has 0 spiro atoms. The summed E-state index contributed by atoms with van der Waals surface area (Å²) in [6.07, 6.45) is 6.05. The van der Waals surface area contributed by atoms with E-state index in [0.717, 1.165) is 68.3 Å². The van der Waals surface area contributed by atoms with Crippen LogP contribution in [0.25, 0.3) is 12.2 Å². The summed E-state index contributed by atoms with van der Waals surface area (Å²) in [4.78, 5) is 4.97. The number of nitrogens with zero attached hydrogens (tertiary/aromatic N) is 3. The Morgan fingerprint density at radius 1 is 0.968 bits per heavy atom. The van der Waals surface area contributed by atoms with Gasteiger partial charge in [0, 0.05) is 38.7 Å². The molecule has 1 saturated heterocycles. The van der Waals surface area contributed by atoms with Crippen LogP contribution >= 0.6 is 0 Å². The third kappa shape index (κ3) is 5.98. The van der Waals surface area contributed by atoms with E-state index in [1.165, 1.54) is 5.69 Å². The number of aryl methyl sites for hydroxylation is 1. The molecule has 5 heteroatoms. The fraction of sp³-hybridized carbons (Fsp3) is 0.346. The lowest BCUT2D eigenvalue weighted by Gasteiger charge is -2.36. The zero-order chi connectivity index (χ0) is 21.3. The molecule has 0 atom stereocenters. The summed E-state index contributed by atoms with van der Waals surface area (Å²) in [6, 6.07) is 20.6. The normalized spacial score (nSPS) is 14.9. The predicted octanol–water partition coefficient (Wildman–Crippen LogP) is 5.00. The molecule has 0 saturated carbocycles. The average Bonchev–Trinajstić information content (AvgIpc) is 3.27. The maximum atomic E-state index is 5.80. The molecule has 0 amide bonds. The highest BCUT2D eigenvalue weighted by Crippen LogP contribution is 2.28. The van der Waals surface area contributed by atoms with Crippen molar-refractivity contribution < 1.29 is 9.26 Å². The molecule has 2 heterocycles. The van der Waals surface area contributed by atoms with Crippen LogP contribution in [0.5, 0.6) is 5.75 Å². The van der Waals surface area contributed by atoms with Crippen LogP contribution in [0.1, 0.15) is 30.4 Å². The Bertz CT molecular complexity index is 960. The van der Waals surface area contributed by atoms with Gasteiger partial charge >= 0.3 is 0 Å². The standard InChI is InChI=1S/C26H31N3O2/c1-2-30-26-13-7-6-12-25(26)29-19-17-28(18-20-29)16-8-11-24-21-23(27-31-24)15-14-22-9-4-3-5-10-22/h3-7,9-10,12-15,21H,2,8,11,16-20H2,1H3. The second-order valence-corrected chi connectivity index (χ2v) is 7.80. The summed E-state index contributed by atoms with van der Waals surface area (Å²) in [5.41, 5.74) is 3.25. The van der Waals surface area contributed by atoms with Gasteiger partial charge in [0.05, 0.1) is 12.3 Å². The summed E-state index contributed by atoms with van der Waals surface area (Å²) in [5, 5.41) is 4.17. The molecule has 0 unspecified atom stereocenters. The summed E-state index contributed by atoms with van der Waals surface area (Å²) < 4.78 is 11.3. The topological polar surface area (TPSA) is 41.7 Å². The zero-order valence-corrected chi connectivity index (χ0v) is 18.2. The van der Waals surface area contributed by atoms with Crippen LogP contribution in [0.15, 0.2) is 65.2 Å². The Labute approximate surface area is 184 Å². The molecule has 4 rings (SSSR count). The highest BCUT2D eigenvalue weighted by molar-refractivity contribution is 5.67. The van der Waals surface area contributed by atoms with Gasteiger partial charge in [-0.25, -0.2) is 0 Å². The van der Waals surface area contributed by atoms with Crippen molar-refractivity contribution in [2.45, 2.75) is 19.8 Å². The van der Waals surface area contributed by atoms with Crippen molar-refractivity contribution in [3.63, 3.8) is 0 Å². The molecule has 5 nitrogen and oxygen atoms in total. The van der Waals surface area contributed by atoms with E-state index in [9.17, 15) is 0 Å². The molecule has 162 valence electrons.